The third-order valence-electron chi connectivity index (χ3n) is 11.4. The summed E-state index contributed by atoms with van der Waals surface area (Å²) in [6.45, 7) is 0. The van der Waals surface area contributed by atoms with Gasteiger partial charge in [-0.25, -0.2) is 0 Å². The van der Waals surface area contributed by atoms with Crippen molar-refractivity contribution in [1.29, 1.82) is 0 Å². The Bertz CT molecular complexity index is 3450. The maximum Gasteiger partial charge on any atom is 0.136 e. The number of furan rings is 2. The zero-order chi connectivity index (χ0) is 35.3. The molecule has 0 atom stereocenters. The standard InChI is InChI=1S/C52H30O2/c1-2-12-33-26-37(21-20-31(33)10-1)51-41-18-7-5-16-39(41)50(40-17-6-8-19-42(40)51)36-14-9-13-34(27-36)35-23-24-46-43(28-35)44-29-49-45(30-48(44)53-46)52-38-15-4-3-11-32(38)22-25-47(52)54-49/h1-30H. The molecule has 0 radical (unpaired) electrons. The molecule has 54 heavy (non-hydrogen) atoms. The summed E-state index contributed by atoms with van der Waals surface area (Å²) in [6, 6.07) is 65.7. The van der Waals surface area contributed by atoms with E-state index in [9.17, 15) is 0 Å². The molecule has 2 heteroatoms. The van der Waals surface area contributed by atoms with Crippen LogP contribution in [0, 0.1) is 0 Å². The Balaban J connectivity index is 1.03. The van der Waals surface area contributed by atoms with Crippen molar-refractivity contribution < 1.29 is 8.83 Å². The van der Waals surface area contributed by atoms with Crippen molar-refractivity contribution in [2.24, 2.45) is 0 Å². The molecule has 12 aromatic rings. The minimum absolute atomic E-state index is 0.864. The molecule has 0 saturated carbocycles. The Kier molecular flexibility index (Phi) is 6.09. The molecule has 0 aliphatic carbocycles. The molecular formula is C52H30O2. The number of hydrogen-bond acceptors (Lipinski definition) is 2. The van der Waals surface area contributed by atoms with E-state index in [0.717, 1.165) is 55.0 Å². The lowest BCUT2D eigenvalue weighted by Gasteiger charge is -2.18. The van der Waals surface area contributed by atoms with E-state index in [4.69, 9.17) is 8.83 Å². The van der Waals surface area contributed by atoms with Crippen molar-refractivity contribution >= 4 is 87.0 Å². The van der Waals surface area contributed by atoms with Gasteiger partial charge in [-0.1, -0.05) is 140 Å². The predicted molar refractivity (Wildman–Crippen MR) is 227 cm³/mol. The van der Waals surface area contributed by atoms with Crippen molar-refractivity contribution in [1.82, 2.24) is 0 Å². The first-order valence-corrected chi connectivity index (χ1v) is 18.5. The smallest absolute Gasteiger partial charge is 0.136 e. The van der Waals surface area contributed by atoms with Crippen LogP contribution in [-0.2, 0) is 0 Å². The second-order valence-corrected chi connectivity index (χ2v) is 14.4. The van der Waals surface area contributed by atoms with E-state index in [1.165, 1.54) is 65.3 Å². The molecule has 0 aliphatic heterocycles. The fourth-order valence-electron chi connectivity index (χ4n) is 8.94. The molecule has 12 rings (SSSR count). The van der Waals surface area contributed by atoms with Crippen LogP contribution in [-0.4, -0.2) is 0 Å². The highest BCUT2D eigenvalue weighted by Crippen LogP contribution is 2.45. The third-order valence-corrected chi connectivity index (χ3v) is 11.4. The third kappa shape index (κ3) is 4.28. The number of fused-ring (bicyclic) bond motifs is 11. The van der Waals surface area contributed by atoms with E-state index < -0.39 is 0 Å². The van der Waals surface area contributed by atoms with Crippen LogP contribution in [0.3, 0.4) is 0 Å². The van der Waals surface area contributed by atoms with Gasteiger partial charge in [0.2, 0.25) is 0 Å². The lowest BCUT2D eigenvalue weighted by atomic mass is 9.85. The number of hydrogen-bond donors (Lipinski definition) is 0. The first kappa shape index (κ1) is 29.4. The molecular weight excluding hydrogens is 657 g/mol. The lowest BCUT2D eigenvalue weighted by molar-refractivity contribution is 0.664. The molecule has 0 saturated heterocycles. The molecule has 250 valence electrons. The molecule has 2 heterocycles. The molecule has 2 nitrogen and oxygen atoms in total. The van der Waals surface area contributed by atoms with Gasteiger partial charge in [-0.2, -0.15) is 0 Å². The van der Waals surface area contributed by atoms with Gasteiger partial charge in [0.15, 0.2) is 0 Å². The van der Waals surface area contributed by atoms with Crippen LogP contribution in [0.5, 0.6) is 0 Å². The zero-order valence-corrected chi connectivity index (χ0v) is 29.1. The van der Waals surface area contributed by atoms with Crippen LogP contribution in [0.4, 0.5) is 0 Å². The second kappa shape index (κ2) is 11.2. The normalized spacial score (nSPS) is 12.1. The Morgan fingerprint density at radius 3 is 1.50 bits per heavy atom. The largest absolute Gasteiger partial charge is 0.456 e. The van der Waals surface area contributed by atoms with Crippen LogP contribution in [0.25, 0.3) is 120 Å². The quantitative estimate of drug-likeness (QED) is 0.173. The van der Waals surface area contributed by atoms with Gasteiger partial charge in [-0.15, -0.1) is 0 Å². The van der Waals surface area contributed by atoms with Gasteiger partial charge in [0, 0.05) is 21.5 Å². The SMILES string of the molecule is c1cc(-c2ccc3oc4cc5c(cc4c3c2)oc2ccc3ccccc3c25)cc(-c2c3ccccc3c(-c3ccc4ccccc4c3)c3ccccc23)c1. The first-order valence-electron chi connectivity index (χ1n) is 18.5. The van der Waals surface area contributed by atoms with Crippen molar-refractivity contribution in [3.63, 3.8) is 0 Å². The molecule has 2 aromatic heterocycles. The van der Waals surface area contributed by atoms with Gasteiger partial charge in [0.05, 0.1) is 0 Å². The molecule has 0 spiro atoms. The van der Waals surface area contributed by atoms with Crippen molar-refractivity contribution in [2.75, 3.05) is 0 Å². The Morgan fingerprint density at radius 1 is 0.241 bits per heavy atom. The van der Waals surface area contributed by atoms with E-state index in [0.29, 0.717) is 0 Å². The summed E-state index contributed by atoms with van der Waals surface area (Å²) < 4.78 is 13.0. The highest BCUT2D eigenvalue weighted by atomic mass is 16.3. The Hall–Kier alpha value is -7.16. The summed E-state index contributed by atoms with van der Waals surface area (Å²) in [5, 5.41) is 14.2. The van der Waals surface area contributed by atoms with Gasteiger partial charge >= 0.3 is 0 Å². The van der Waals surface area contributed by atoms with E-state index >= 15 is 0 Å². The topological polar surface area (TPSA) is 26.3 Å². The Labute approximate surface area is 310 Å². The highest BCUT2D eigenvalue weighted by Gasteiger charge is 2.19. The maximum atomic E-state index is 6.50. The van der Waals surface area contributed by atoms with Gasteiger partial charge < -0.3 is 8.83 Å². The number of benzene rings is 10. The molecule has 10 aromatic carbocycles. The summed E-state index contributed by atoms with van der Waals surface area (Å²) in [4.78, 5) is 0. The summed E-state index contributed by atoms with van der Waals surface area (Å²) in [6.07, 6.45) is 0. The Morgan fingerprint density at radius 2 is 0.741 bits per heavy atom. The summed E-state index contributed by atoms with van der Waals surface area (Å²) in [5.41, 5.74) is 10.7. The molecule has 0 N–H and O–H groups in total. The first-order chi connectivity index (χ1) is 26.7. The van der Waals surface area contributed by atoms with Crippen molar-refractivity contribution in [3.05, 3.63) is 182 Å². The minimum Gasteiger partial charge on any atom is -0.456 e. The monoisotopic (exact) mass is 686 g/mol. The fourth-order valence-corrected chi connectivity index (χ4v) is 8.94. The van der Waals surface area contributed by atoms with Crippen molar-refractivity contribution in [2.45, 2.75) is 0 Å². The van der Waals surface area contributed by atoms with Gasteiger partial charge in [0.1, 0.15) is 22.3 Å². The van der Waals surface area contributed by atoms with E-state index in [2.05, 4.69) is 182 Å². The van der Waals surface area contributed by atoms with Crippen LogP contribution in [0.2, 0.25) is 0 Å². The predicted octanol–water partition coefficient (Wildman–Crippen LogP) is 15.1. The maximum absolute atomic E-state index is 6.50. The summed E-state index contributed by atoms with van der Waals surface area (Å²) in [5.74, 6) is 0. The zero-order valence-electron chi connectivity index (χ0n) is 29.1. The molecule has 0 bridgehead atoms. The molecule has 0 fully saturated rings. The molecule has 0 unspecified atom stereocenters. The minimum atomic E-state index is 0.864. The van der Waals surface area contributed by atoms with Crippen LogP contribution in [0.1, 0.15) is 0 Å². The van der Waals surface area contributed by atoms with Crippen LogP contribution < -0.4 is 0 Å². The van der Waals surface area contributed by atoms with Gasteiger partial charge in [-0.05, 0) is 119 Å². The molecule has 0 aliphatic rings. The fraction of sp³-hybridized carbons (Fsp3) is 0. The summed E-state index contributed by atoms with van der Waals surface area (Å²) in [7, 11) is 0. The number of rotatable bonds is 3. The average molecular weight is 687 g/mol. The van der Waals surface area contributed by atoms with Crippen LogP contribution >= 0.6 is 0 Å². The van der Waals surface area contributed by atoms with Crippen molar-refractivity contribution in [3.8, 4) is 33.4 Å². The van der Waals surface area contributed by atoms with E-state index in [1.54, 1.807) is 0 Å². The van der Waals surface area contributed by atoms with Crippen LogP contribution in [0.15, 0.2) is 191 Å². The van der Waals surface area contributed by atoms with Gasteiger partial charge in [0.25, 0.3) is 0 Å². The molecule has 0 amide bonds. The highest BCUT2D eigenvalue weighted by molar-refractivity contribution is 6.23. The van der Waals surface area contributed by atoms with Gasteiger partial charge in [-0.3, -0.25) is 0 Å². The lowest BCUT2D eigenvalue weighted by Crippen LogP contribution is -1.91. The second-order valence-electron chi connectivity index (χ2n) is 14.4. The van der Waals surface area contributed by atoms with E-state index in [-0.39, 0.29) is 0 Å². The average Bonchev–Trinajstić information content (AvgIpc) is 3.78. The van der Waals surface area contributed by atoms with E-state index in [1.807, 2.05) is 0 Å². The summed E-state index contributed by atoms with van der Waals surface area (Å²) >= 11 is 0.